The molecular weight excluding hydrogens is 194 g/mol. The van der Waals surface area contributed by atoms with Crippen molar-refractivity contribution in [3.63, 3.8) is 0 Å². The van der Waals surface area contributed by atoms with Crippen LogP contribution >= 0.6 is 11.6 Å². The molecule has 14 heavy (non-hydrogen) atoms. The second-order valence-electron chi connectivity index (χ2n) is 3.53. The van der Waals surface area contributed by atoms with E-state index in [-0.39, 0.29) is 0 Å². The van der Waals surface area contributed by atoms with Gasteiger partial charge in [-0.2, -0.15) is 0 Å². The molecule has 1 unspecified atom stereocenters. The van der Waals surface area contributed by atoms with E-state index in [1.165, 1.54) is 0 Å². The number of para-hydroxylation sites is 1. The fraction of sp³-hybridized carbons (Fsp3) is 0.417. The minimum atomic E-state index is 0.344. The summed E-state index contributed by atoms with van der Waals surface area (Å²) in [6.07, 6.45) is 1.02. The SMILES string of the molecule is CCC(C)C(Cl)=Nc1ccccc1C. The van der Waals surface area contributed by atoms with E-state index in [0.717, 1.165) is 17.7 Å². The lowest BCUT2D eigenvalue weighted by atomic mass is 10.1. The number of aryl methyl sites for hydroxylation is 1. The molecule has 0 saturated carbocycles. The van der Waals surface area contributed by atoms with Crippen molar-refractivity contribution >= 4 is 22.5 Å². The standard InChI is InChI=1S/C12H16ClN/c1-4-9(2)12(13)14-11-8-6-5-7-10(11)3/h5-9H,4H2,1-3H3. The Hall–Kier alpha value is -0.820. The van der Waals surface area contributed by atoms with Crippen LogP contribution in [0.2, 0.25) is 0 Å². The molecule has 0 saturated heterocycles. The molecular formula is C12H16ClN. The van der Waals surface area contributed by atoms with E-state index in [1.54, 1.807) is 0 Å². The van der Waals surface area contributed by atoms with Crippen LogP contribution in [0.15, 0.2) is 29.3 Å². The third kappa shape index (κ3) is 2.85. The van der Waals surface area contributed by atoms with Crippen molar-refractivity contribution in [2.45, 2.75) is 27.2 Å². The number of benzene rings is 1. The van der Waals surface area contributed by atoms with Crippen molar-refractivity contribution < 1.29 is 0 Å². The van der Waals surface area contributed by atoms with Crippen LogP contribution in [0.4, 0.5) is 5.69 Å². The van der Waals surface area contributed by atoms with Crippen molar-refractivity contribution in [2.75, 3.05) is 0 Å². The molecule has 0 heterocycles. The Kier molecular flexibility index (Phi) is 4.15. The number of aliphatic imine (C=N–C) groups is 1. The largest absolute Gasteiger partial charge is 0.241 e. The van der Waals surface area contributed by atoms with Crippen molar-refractivity contribution in [3.8, 4) is 0 Å². The molecule has 0 spiro atoms. The van der Waals surface area contributed by atoms with E-state index in [2.05, 4.69) is 18.8 Å². The monoisotopic (exact) mass is 209 g/mol. The molecule has 0 aliphatic heterocycles. The Morgan fingerprint density at radius 3 is 2.64 bits per heavy atom. The lowest BCUT2D eigenvalue weighted by molar-refractivity contribution is 0.749. The number of hydrogen-bond donors (Lipinski definition) is 0. The molecule has 1 rings (SSSR count). The van der Waals surface area contributed by atoms with Crippen LogP contribution in [0.3, 0.4) is 0 Å². The van der Waals surface area contributed by atoms with Crippen LogP contribution in [-0.2, 0) is 0 Å². The van der Waals surface area contributed by atoms with E-state index in [4.69, 9.17) is 11.6 Å². The summed E-state index contributed by atoms with van der Waals surface area (Å²) in [6, 6.07) is 8.01. The van der Waals surface area contributed by atoms with Crippen molar-refractivity contribution in [2.24, 2.45) is 10.9 Å². The molecule has 1 aromatic carbocycles. The van der Waals surface area contributed by atoms with Gasteiger partial charge in [-0.15, -0.1) is 0 Å². The summed E-state index contributed by atoms with van der Waals surface area (Å²) >= 11 is 6.09. The molecule has 0 aliphatic rings. The Bertz CT molecular complexity index is 331. The third-order valence-electron chi connectivity index (χ3n) is 2.36. The molecule has 1 atom stereocenters. The van der Waals surface area contributed by atoms with Gasteiger partial charge in [0, 0.05) is 5.92 Å². The molecule has 0 N–H and O–H groups in total. The average molecular weight is 210 g/mol. The van der Waals surface area contributed by atoms with Gasteiger partial charge in [0.1, 0.15) is 5.17 Å². The second-order valence-corrected chi connectivity index (χ2v) is 3.92. The van der Waals surface area contributed by atoms with Crippen molar-refractivity contribution in [3.05, 3.63) is 29.8 Å². The maximum absolute atomic E-state index is 6.09. The molecule has 0 fully saturated rings. The van der Waals surface area contributed by atoms with Gasteiger partial charge >= 0.3 is 0 Å². The molecule has 1 aromatic rings. The smallest absolute Gasteiger partial charge is 0.109 e. The maximum atomic E-state index is 6.09. The number of halogens is 1. The minimum absolute atomic E-state index is 0.344. The fourth-order valence-corrected chi connectivity index (χ4v) is 1.33. The minimum Gasteiger partial charge on any atom is -0.241 e. The molecule has 0 aromatic heterocycles. The van der Waals surface area contributed by atoms with Gasteiger partial charge in [0.25, 0.3) is 0 Å². The van der Waals surface area contributed by atoms with E-state index in [1.807, 2.05) is 31.2 Å². The van der Waals surface area contributed by atoms with Crippen LogP contribution in [0.1, 0.15) is 25.8 Å². The van der Waals surface area contributed by atoms with Gasteiger partial charge in [-0.25, -0.2) is 4.99 Å². The van der Waals surface area contributed by atoms with Gasteiger partial charge in [-0.3, -0.25) is 0 Å². The van der Waals surface area contributed by atoms with Gasteiger partial charge in [0.15, 0.2) is 0 Å². The van der Waals surface area contributed by atoms with Gasteiger partial charge in [-0.1, -0.05) is 43.6 Å². The first-order valence-electron chi connectivity index (χ1n) is 4.94. The zero-order valence-corrected chi connectivity index (χ0v) is 9.67. The summed E-state index contributed by atoms with van der Waals surface area (Å²) in [4.78, 5) is 4.41. The summed E-state index contributed by atoms with van der Waals surface area (Å²) in [5.41, 5.74) is 2.13. The molecule has 2 heteroatoms. The summed E-state index contributed by atoms with van der Waals surface area (Å²) in [5, 5.41) is 0.696. The predicted octanol–water partition coefficient (Wildman–Crippen LogP) is 4.31. The van der Waals surface area contributed by atoms with Gasteiger partial charge in [-0.05, 0) is 25.0 Å². The van der Waals surface area contributed by atoms with E-state index < -0.39 is 0 Å². The summed E-state index contributed by atoms with van der Waals surface area (Å²) < 4.78 is 0. The Balaban J connectivity index is 2.91. The second kappa shape index (κ2) is 5.16. The highest BCUT2D eigenvalue weighted by molar-refractivity contribution is 6.66. The Morgan fingerprint density at radius 1 is 1.43 bits per heavy atom. The first-order valence-corrected chi connectivity index (χ1v) is 5.32. The van der Waals surface area contributed by atoms with Crippen LogP contribution in [0, 0.1) is 12.8 Å². The van der Waals surface area contributed by atoms with Crippen LogP contribution in [0.25, 0.3) is 0 Å². The van der Waals surface area contributed by atoms with E-state index >= 15 is 0 Å². The summed E-state index contributed by atoms with van der Waals surface area (Å²) in [5.74, 6) is 0.344. The molecule has 76 valence electrons. The molecule has 0 radical (unpaired) electrons. The molecule has 0 aliphatic carbocycles. The zero-order valence-electron chi connectivity index (χ0n) is 8.92. The molecule has 0 amide bonds. The highest BCUT2D eigenvalue weighted by atomic mass is 35.5. The number of nitrogens with zero attached hydrogens (tertiary/aromatic N) is 1. The van der Waals surface area contributed by atoms with Gasteiger partial charge in [0.2, 0.25) is 0 Å². The average Bonchev–Trinajstić information content (AvgIpc) is 2.20. The highest BCUT2D eigenvalue weighted by Crippen LogP contribution is 2.20. The van der Waals surface area contributed by atoms with E-state index in [9.17, 15) is 0 Å². The Morgan fingerprint density at radius 2 is 2.07 bits per heavy atom. The van der Waals surface area contributed by atoms with Gasteiger partial charge in [0.05, 0.1) is 5.69 Å². The van der Waals surface area contributed by atoms with E-state index in [0.29, 0.717) is 11.1 Å². The normalized spacial score (nSPS) is 14.1. The van der Waals surface area contributed by atoms with Crippen LogP contribution in [-0.4, -0.2) is 5.17 Å². The predicted molar refractivity (Wildman–Crippen MR) is 63.6 cm³/mol. The van der Waals surface area contributed by atoms with Crippen molar-refractivity contribution in [1.82, 2.24) is 0 Å². The first kappa shape index (κ1) is 11.3. The topological polar surface area (TPSA) is 12.4 Å². The lowest BCUT2D eigenvalue weighted by Gasteiger charge is -2.06. The molecule has 0 bridgehead atoms. The number of rotatable bonds is 3. The van der Waals surface area contributed by atoms with Crippen LogP contribution < -0.4 is 0 Å². The number of hydrogen-bond acceptors (Lipinski definition) is 1. The maximum Gasteiger partial charge on any atom is 0.109 e. The Labute approximate surface area is 90.8 Å². The summed E-state index contributed by atoms with van der Waals surface area (Å²) in [7, 11) is 0. The zero-order chi connectivity index (χ0) is 10.6. The summed E-state index contributed by atoms with van der Waals surface area (Å²) in [6.45, 7) is 6.24. The first-order chi connectivity index (χ1) is 6.65. The van der Waals surface area contributed by atoms with Crippen molar-refractivity contribution in [1.29, 1.82) is 0 Å². The van der Waals surface area contributed by atoms with Crippen LogP contribution in [0.5, 0.6) is 0 Å². The van der Waals surface area contributed by atoms with Gasteiger partial charge < -0.3 is 0 Å². The third-order valence-corrected chi connectivity index (χ3v) is 2.82. The lowest BCUT2D eigenvalue weighted by Crippen LogP contribution is -2.01. The highest BCUT2D eigenvalue weighted by Gasteiger charge is 2.05. The molecule has 1 nitrogen and oxygen atoms in total. The quantitative estimate of drug-likeness (QED) is 0.658. The fourth-order valence-electron chi connectivity index (χ4n) is 1.08.